The molecule has 1 atom stereocenters. The summed E-state index contributed by atoms with van der Waals surface area (Å²) in [5.41, 5.74) is 1.24. The van der Waals surface area contributed by atoms with Crippen molar-refractivity contribution < 1.29 is 9.59 Å². The van der Waals surface area contributed by atoms with Crippen LogP contribution in [0.5, 0.6) is 0 Å². The standard InChI is InChI=1S/C21H32N4O2/c1-4-23(3)17(2)20(27)24-12-9-21(10-13-24)8-7-19(26)25(16-21)15-18-6-5-11-22-14-18/h5-6,11,14,17H,4,7-10,12-13,15-16H2,1-3H3. The van der Waals surface area contributed by atoms with E-state index in [0.717, 1.165) is 51.0 Å². The molecule has 6 heteroatoms. The van der Waals surface area contributed by atoms with Crippen LogP contribution < -0.4 is 0 Å². The van der Waals surface area contributed by atoms with Crippen LogP contribution in [0.25, 0.3) is 0 Å². The highest BCUT2D eigenvalue weighted by Gasteiger charge is 2.42. The maximum atomic E-state index is 12.7. The number of likely N-dealkylation sites (N-methyl/N-ethyl adjacent to an activating group) is 1. The molecule has 27 heavy (non-hydrogen) atoms. The summed E-state index contributed by atoms with van der Waals surface area (Å²) in [6.07, 6.45) is 7.12. The lowest BCUT2D eigenvalue weighted by molar-refractivity contribution is -0.144. The van der Waals surface area contributed by atoms with Crippen LogP contribution in [0.2, 0.25) is 0 Å². The van der Waals surface area contributed by atoms with E-state index in [0.29, 0.717) is 13.0 Å². The van der Waals surface area contributed by atoms with Gasteiger partial charge in [-0.3, -0.25) is 19.5 Å². The zero-order chi connectivity index (χ0) is 19.4. The van der Waals surface area contributed by atoms with Crippen molar-refractivity contribution in [2.75, 3.05) is 33.2 Å². The molecule has 0 radical (unpaired) electrons. The van der Waals surface area contributed by atoms with Crippen molar-refractivity contribution in [3.05, 3.63) is 30.1 Å². The van der Waals surface area contributed by atoms with Crippen molar-refractivity contribution in [1.82, 2.24) is 19.7 Å². The molecule has 0 aromatic carbocycles. The molecule has 3 rings (SSSR count). The van der Waals surface area contributed by atoms with Crippen molar-refractivity contribution in [2.24, 2.45) is 5.41 Å². The summed E-state index contributed by atoms with van der Waals surface area (Å²) in [5.74, 6) is 0.467. The minimum atomic E-state index is -0.0703. The van der Waals surface area contributed by atoms with E-state index in [1.54, 1.807) is 6.20 Å². The maximum absolute atomic E-state index is 12.7. The Bertz CT molecular complexity index is 655. The molecule has 2 aliphatic rings. The Kier molecular flexibility index (Phi) is 6.15. The number of rotatable bonds is 5. The van der Waals surface area contributed by atoms with E-state index < -0.39 is 0 Å². The summed E-state index contributed by atoms with van der Waals surface area (Å²) in [6, 6.07) is 3.87. The fourth-order valence-corrected chi connectivity index (χ4v) is 4.29. The highest BCUT2D eigenvalue weighted by atomic mass is 16.2. The average Bonchev–Trinajstić information content (AvgIpc) is 2.70. The van der Waals surface area contributed by atoms with Gasteiger partial charge in [0.1, 0.15) is 0 Å². The highest BCUT2D eigenvalue weighted by molar-refractivity contribution is 5.81. The van der Waals surface area contributed by atoms with Gasteiger partial charge in [-0.05, 0) is 56.8 Å². The average molecular weight is 373 g/mol. The SMILES string of the molecule is CCN(C)C(C)C(=O)N1CCC2(CCC(=O)N(Cc3cccnc3)C2)CC1. The van der Waals surface area contributed by atoms with Crippen molar-refractivity contribution in [3.63, 3.8) is 0 Å². The van der Waals surface area contributed by atoms with Gasteiger partial charge in [-0.1, -0.05) is 13.0 Å². The second-order valence-corrected chi connectivity index (χ2v) is 8.19. The summed E-state index contributed by atoms with van der Waals surface area (Å²) < 4.78 is 0. The van der Waals surface area contributed by atoms with Crippen molar-refractivity contribution in [3.8, 4) is 0 Å². The zero-order valence-corrected chi connectivity index (χ0v) is 16.9. The topological polar surface area (TPSA) is 56.8 Å². The molecule has 1 aromatic rings. The van der Waals surface area contributed by atoms with Gasteiger partial charge >= 0.3 is 0 Å². The van der Waals surface area contributed by atoms with Crippen LogP contribution in [0.1, 0.15) is 45.1 Å². The number of hydrogen-bond acceptors (Lipinski definition) is 4. The van der Waals surface area contributed by atoms with Gasteiger partial charge in [0.25, 0.3) is 0 Å². The molecule has 0 N–H and O–H groups in total. The number of amides is 2. The molecule has 2 fully saturated rings. The van der Waals surface area contributed by atoms with E-state index in [1.165, 1.54) is 0 Å². The maximum Gasteiger partial charge on any atom is 0.239 e. The first-order chi connectivity index (χ1) is 12.9. The number of pyridine rings is 1. The van der Waals surface area contributed by atoms with Gasteiger partial charge in [0.15, 0.2) is 0 Å². The van der Waals surface area contributed by atoms with Crippen LogP contribution in [0.3, 0.4) is 0 Å². The monoisotopic (exact) mass is 372 g/mol. The van der Waals surface area contributed by atoms with Crippen molar-refractivity contribution in [2.45, 2.75) is 52.1 Å². The smallest absolute Gasteiger partial charge is 0.239 e. The third-order valence-corrected chi connectivity index (χ3v) is 6.50. The van der Waals surface area contributed by atoms with Crippen LogP contribution >= 0.6 is 0 Å². The van der Waals surface area contributed by atoms with Crippen LogP contribution in [0.4, 0.5) is 0 Å². The molecule has 1 spiro atoms. The van der Waals surface area contributed by atoms with Gasteiger partial charge in [0.05, 0.1) is 6.04 Å². The van der Waals surface area contributed by atoms with E-state index in [1.807, 2.05) is 42.1 Å². The number of carbonyl (C=O) groups excluding carboxylic acids is 2. The van der Waals surface area contributed by atoms with Crippen LogP contribution in [-0.2, 0) is 16.1 Å². The normalized spacial score (nSPS) is 21.0. The molecular weight excluding hydrogens is 340 g/mol. The van der Waals surface area contributed by atoms with E-state index in [9.17, 15) is 9.59 Å². The second-order valence-electron chi connectivity index (χ2n) is 8.19. The summed E-state index contributed by atoms with van der Waals surface area (Å²) in [7, 11) is 2.00. The summed E-state index contributed by atoms with van der Waals surface area (Å²) in [4.78, 5) is 35.4. The second kappa shape index (κ2) is 8.38. The molecule has 0 aliphatic carbocycles. The Balaban J connectivity index is 1.60. The predicted octanol–water partition coefficient (Wildman–Crippen LogP) is 2.15. The Hall–Kier alpha value is -1.95. The van der Waals surface area contributed by atoms with Gasteiger partial charge in [-0.25, -0.2) is 0 Å². The molecular formula is C21H32N4O2. The minimum absolute atomic E-state index is 0.0703. The number of hydrogen-bond donors (Lipinski definition) is 0. The lowest BCUT2D eigenvalue weighted by atomic mass is 9.72. The van der Waals surface area contributed by atoms with Gasteiger partial charge in [0.2, 0.25) is 11.8 Å². The molecule has 0 saturated carbocycles. The van der Waals surface area contributed by atoms with E-state index in [4.69, 9.17) is 0 Å². The first-order valence-corrected chi connectivity index (χ1v) is 10.1. The molecule has 148 valence electrons. The van der Waals surface area contributed by atoms with Gasteiger partial charge in [-0.15, -0.1) is 0 Å². The van der Waals surface area contributed by atoms with E-state index in [2.05, 4.69) is 16.8 Å². The van der Waals surface area contributed by atoms with Gasteiger partial charge in [-0.2, -0.15) is 0 Å². The molecule has 6 nitrogen and oxygen atoms in total. The molecule has 2 saturated heterocycles. The molecule has 0 bridgehead atoms. The van der Waals surface area contributed by atoms with Crippen molar-refractivity contribution in [1.29, 1.82) is 0 Å². The fourth-order valence-electron chi connectivity index (χ4n) is 4.29. The predicted molar refractivity (Wildman–Crippen MR) is 105 cm³/mol. The zero-order valence-electron chi connectivity index (χ0n) is 16.9. The summed E-state index contributed by atoms with van der Waals surface area (Å²) >= 11 is 0. The Morgan fingerprint density at radius 1 is 1.33 bits per heavy atom. The number of carbonyl (C=O) groups is 2. The van der Waals surface area contributed by atoms with Gasteiger partial charge in [0, 0.05) is 45.0 Å². The third-order valence-electron chi connectivity index (χ3n) is 6.50. The Morgan fingerprint density at radius 3 is 2.70 bits per heavy atom. The molecule has 2 aliphatic heterocycles. The first kappa shape index (κ1) is 19.8. The van der Waals surface area contributed by atoms with Gasteiger partial charge < -0.3 is 9.80 Å². The lowest BCUT2D eigenvalue weighted by Crippen LogP contribution is -2.54. The summed E-state index contributed by atoms with van der Waals surface area (Å²) in [6.45, 7) is 7.97. The van der Waals surface area contributed by atoms with Crippen LogP contribution in [0, 0.1) is 5.41 Å². The minimum Gasteiger partial charge on any atom is -0.341 e. The lowest BCUT2D eigenvalue weighted by Gasteiger charge is -2.48. The van der Waals surface area contributed by atoms with E-state index >= 15 is 0 Å². The number of aromatic nitrogens is 1. The third kappa shape index (κ3) is 4.49. The van der Waals surface area contributed by atoms with Crippen LogP contribution in [0.15, 0.2) is 24.5 Å². The van der Waals surface area contributed by atoms with Crippen LogP contribution in [-0.4, -0.2) is 70.8 Å². The number of nitrogens with zero attached hydrogens (tertiary/aromatic N) is 4. The highest BCUT2D eigenvalue weighted by Crippen LogP contribution is 2.40. The molecule has 1 aromatic heterocycles. The molecule has 1 unspecified atom stereocenters. The number of piperidine rings is 2. The number of likely N-dealkylation sites (tertiary alicyclic amines) is 2. The molecule has 3 heterocycles. The van der Waals surface area contributed by atoms with Crippen molar-refractivity contribution >= 4 is 11.8 Å². The van der Waals surface area contributed by atoms with E-state index in [-0.39, 0.29) is 23.3 Å². The molecule has 2 amide bonds. The largest absolute Gasteiger partial charge is 0.341 e. The summed E-state index contributed by atoms with van der Waals surface area (Å²) in [5, 5.41) is 0. The Morgan fingerprint density at radius 2 is 2.07 bits per heavy atom. The fraction of sp³-hybridized carbons (Fsp3) is 0.667. The Labute approximate surface area is 162 Å². The first-order valence-electron chi connectivity index (χ1n) is 10.1. The quantitative estimate of drug-likeness (QED) is 0.795.